The Kier molecular flexibility index (Phi) is 6.84. The highest BCUT2D eigenvalue weighted by Crippen LogP contribution is 2.40. The average molecular weight is 449 g/mol. The van der Waals surface area contributed by atoms with Crippen molar-refractivity contribution in [1.82, 2.24) is 4.90 Å². The summed E-state index contributed by atoms with van der Waals surface area (Å²) < 4.78 is 5.15. The first-order valence-electron chi connectivity index (χ1n) is 11.6. The Morgan fingerprint density at radius 1 is 1.06 bits per heavy atom. The van der Waals surface area contributed by atoms with Gasteiger partial charge in [-0.2, -0.15) is 0 Å². The van der Waals surface area contributed by atoms with Crippen molar-refractivity contribution in [3.05, 3.63) is 70.3 Å². The maximum atomic E-state index is 13.2. The zero-order chi connectivity index (χ0) is 23.5. The Morgan fingerprint density at radius 3 is 2.42 bits per heavy atom. The van der Waals surface area contributed by atoms with Crippen molar-refractivity contribution in [2.75, 3.05) is 39.3 Å². The predicted octanol–water partition coefficient (Wildman–Crippen LogP) is 4.09. The van der Waals surface area contributed by atoms with Crippen LogP contribution in [0.15, 0.2) is 48.0 Å². The number of Topliss-reactive ketones (excluding diaryl/α,β-unsaturated/α-hetero) is 1. The summed E-state index contributed by atoms with van der Waals surface area (Å²) in [5.74, 6) is -1.31. The fourth-order valence-corrected chi connectivity index (χ4v) is 4.83. The van der Waals surface area contributed by atoms with Gasteiger partial charge in [0.25, 0.3) is 11.7 Å². The number of likely N-dealkylation sites (tertiary alicyclic amines) is 1. The molecule has 1 atom stereocenters. The van der Waals surface area contributed by atoms with Crippen LogP contribution in [0, 0.1) is 0 Å². The Labute approximate surface area is 195 Å². The third-order valence-electron chi connectivity index (χ3n) is 6.63. The number of amides is 1. The fourth-order valence-electron chi connectivity index (χ4n) is 4.83. The second kappa shape index (κ2) is 9.79. The summed E-state index contributed by atoms with van der Waals surface area (Å²) in [5.41, 5.74) is 5.09. The van der Waals surface area contributed by atoms with Gasteiger partial charge >= 0.3 is 0 Å². The van der Waals surface area contributed by atoms with Gasteiger partial charge in [0, 0.05) is 45.6 Å². The van der Waals surface area contributed by atoms with E-state index in [1.54, 1.807) is 12.0 Å². The highest BCUT2D eigenvalue weighted by Gasteiger charge is 2.45. The lowest BCUT2D eigenvalue weighted by molar-refractivity contribution is -0.140. The lowest BCUT2D eigenvalue weighted by Gasteiger charge is -2.26. The number of anilines is 1. The molecule has 4 rings (SSSR count). The highest BCUT2D eigenvalue weighted by atomic mass is 16.5. The molecule has 1 amide bonds. The molecule has 0 radical (unpaired) electrons. The van der Waals surface area contributed by atoms with Crippen LogP contribution in [-0.2, 0) is 27.2 Å². The van der Waals surface area contributed by atoms with E-state index in [0.29, 0.717) is 25.1 Å². The first kappa shape index (κ1) is 23.1. The topological polar surface area (TPSA) is 70.1 Å². The van der Waals surface area contributed by atoms with Gasteiger partial charge in [-0.05, 0) is 67.0 Å². The third-order valence-corrected chi connectivity index (χ3v) is 6.63. The number of methoxy groups -OCH3 is 1. The number of benzene rings is 2. The second-order valence-electron chi connectivity index (χ2n) is 9.02. The number of aliphatic hydroxyl groups is 1. The number of carbonyl (C=O) groups is 2. The van der Waals surface area contributed by atoms with Gasteiger partial charge in [0.1, 0.15) is 5.76 Å². The van der Waals surface area contributed by atoms with E-state index in [2.05, 4.69) is 0 Å². The van der Waals surface area contributed by atoms with Gasteiger partial charge in [-0.15, -0.1) is 0 Å². The number of fused-ring (bicyclic) bond motifs is 1. The number of aryl methyl sites for hydroxylation is 2. The van der Waals surface area contributed by atoms with Crippen molar-refractivity contribution >= 4 is 23.1 Å². The van der Waals surface area contributed by atoms with Crippen molar-refractivity contribution < 1.29 is 19.4 Å². The summed E-state index contributed by atoms with van der Waals surface area (Å²) in [5, 5.41) is 11.3. The van der Waals surface area contributed by atoms with E-state index in [1.807, 2.05) is 61.5 Å². The Balaban J connectivity index is 1.79. The van der Waals surface area contributed by atoms with Crippen LogP contribution >= 0.6 is 0 Å². The molecule has 2 aromatic carbocycles. The number of hydrogen-bond donors (Lipinski definition) is 1. The molecule has 33 heavy (non-hydrogen) atoms. The summed E-state index contributed by atoms with van der Waals surface area (Å²) in [6.07, 6.45) is 4.91. The molecule has 1 aliphatic heterocycles. The zero-order valence-corrected chi connectivity index (χ0v) is 19.6. The molecule has 0 bridgehead atoms. The van der Waals surface area contributed by atoms with Crippen LogP contribution in [0.5, 0.6) is 0 Å². The maximum Gasteiger partial charge on any atom is 0.295 e. The van der Waals surface area contributed by atoms with Gasteiger partial charge < -0.3 is 19.6 Å². The van der Waals surface area contributed by atoms with E-state index >= 15 is 0 Å². The maximum absolute atomic E-state index is 13.2. The molecule has 0 aromatic heterocycles. The molecule has 1 heterocycles. The lowest BCUT2D eigenvalue weighted by atomic mass is 9.88. The van der Waals surface area contributed by atoms with Gasteiger partial charge in [0.15, 0.2) is 0 Å². The summed E-state index contributed by atoms with van der Waals surface area (Å²) in [6.45, 7) is 0.861. The molecule has 1 aliphatic carbocycles. The van der Waals surface area contributed by atoms with E-state index in [-0.39, 0.29) is 11.3 Å². The summed E-state index contributed by atoms with van der Waals surface area (Å²) in [6, 6.07) is 13.0. The number of nitrogens with zero attached hydrogens (tertiary/aromatic N) is 2. The minimum atomic E-state index is -0.635. The van der Waals surface area contributed by atoms with E-state index in [9.17, 15) is 14.7 Å². The number of hydrogen-bond acceptors (Lipinski definition) is 5. The van der Waals surface area contributed by atoms with Gasteiger partial charge in [0.05, 0.1) is 11.6 Å². The van der Waals surface area contributed by atoms with Crippen LogP contribution in [0.25, 0.3) is 5.76 Å². The van der Waals surface area contributed by atoms with Crippen molar-refractivity contribution in [1.29, 1.82) is 0 Å². The van der Waals surface area contributed by atoms with Crippen LogP contribution in [0.3, 0.4) is 0 Å². The SMILES string of the molecule is COCCCN1C(=O)C(=O)/C(=C(\O)c2ccc3c(c2)CCCC3)C1c1ccc(N(C)C)cc1. The fraction of sp³-hybridized carbons (Fsp3) is 0.407. The Hall–Kier alpha value is -3.12. The lowest BCUT2D eigenvalue weighted by Crippen LogP contribution is -2.31. The van der Waals surface area contributed by atoms with Crippen LogP contribution in [-0.4, -0.2) is 56.1 Å². The largest absolute Gasteiger partial charge is 0.507 e. The van der Waals surface area contributed by atoms with Crippen LogP contribution in [0.4, 0.5) is 5.69 Å². The molecular formula is C27H32N2O4. The van der Waals surface area contributed by atoms with Crippen LogP contribution in [0.2, 0.25) is 0 Å². The quantitative estimate of drug-likeness (QED) is 0.299. The first-order chi connectivity index (χ1) is 15.9. The van der Waals surface area contributed by atoms with E-state index < -0.39 is 17.7 Å². The second-order valence-corrected chi connectivity index (χ2v) is 9.02. The Morgan fingerprint density at radius 2 is 1.76 bits per heavy atom. The van der Waals surface area contributed by atoms with Gasteiger partial charge in [0.2, 0.25) is 0 Å². The average Bonchev–Trinajstić information content (AvgIpc) is 3.08. The summed E-state index contributed by atoms with van der Waals surface area (Å²) >= 11 is 0. The molecule has 2 aromatic rings. The number of rotatable bonds is 7. The van der Waals surface area contributed by atoms with Crippen LogP contribution < -0.4 is 4.90 Å². The number of carbonyl (C=O) groups excluding carboxylic acids is 2. The number of ether oxygens (including phenoxy) is 1. The summed E-state index contributed by atoms with van der Waals surface area (Å²) in [7, 11) is 5.53. The zero-order valence-electron chi connectivity index (χ0n) is 19.6. The molecule has 6 nitrogen and oxygen atoms in total. The summed E-state index contributed by atoms with van der Waals surface area (Å²) in [4.78, 5) is 29.7. The Bertz CT molecular complexity index is 1070. The molecule has 2 aliphatic rings. The molecule has 1 fully saturated rings. The number of aliphatic hydroxyl groups excluding tert-OH is 1. The van der Waals surface area contributed by atoms with E-state index in [0.717, 1.165) is 30.5 Å². The molecule has 1 unspecified atom stereocenters. The third kappa shape index (κ3) is 4.53. The van der Waals surface area contributed by atoms with Crippen molar-refractivity contribution in [2.45, 2.75) is 38.1 Å². The van der Waals surface area contributed by atoms with Crippen LogP contribution in [0.1, 0.15) is 47.6 Å². The molecule has 6 heteroatoms. The number of ketones is 1. The van der Waals surface area contributed by atoms with Crippen molar-refractivity contribution in [2.24, 2.45) is 0 Å². The standard InChI is InChI=1S/C27H32N2O4/c1-28(2)22-13-11-19(12-14-22)24-23(26(31)27(32)29(24)15-6-16-33-3)25(30)21-10-9-18-7-4-5-8-20(18)17-21/h9-14,17,24,30H,4-8,15-16H2,1-3H3/b25-23-. The van der Waals surface area contributed by atoms with E-state index in [4.69, 9.17) is 4.74 Å². The predicted molar refractivity (Wildman–Crippen MR) is 129 cm³/mol. The molecular weight excluding hydrogens is 416 g/mol. The molecule has 0 saturated carbocycles. The van der Waals surface area contributed by atoms with Gasteiger partial charge in [-0.3, -0.25) is 9.59 Å². The monoisotopic (exact) mass is 448 g/mol. The smallest absolute Gasteiger partial charge is 0.295 e. The minimum absolute atomic E-state index is 0.0994. The van der Waals surface area contributed by atoms with Crippen molar-refractivity contribution in [3.8, 4) is 0 Å². The molecule has 174 valence electrons. The molecule has 0 spiro atoms. The van der Waals surface area contributed by atoms with Gasteiger partial charge in [-0.25, -0.2) is 0 Å². The highest BCUT2D eigenvalue weighted by molar-refractivity contribution is 6.46. The molecule has 1 saturated heterocycles. The normalized spacial score (nSPS) is 19.6. The first-order valence-corrected chi connectivity index (χ1v) is 11.6. The van der Waals surface area contributed by atoms with Crippen molar-refractivity contribution in [3.63, 3.8) is 0 Å². The van der Waals surface area contributed by atoms with Gasteiger partial charge in [-0.1, -0.05) is 24.3 Å². The molecule has 1 N–H and O–H groups in total. The minimum Gasteiger partial charge on any atom is -0.507 e. The van der Waals surface area contributed by atoms with E-state index in [1.165, 1.54) is 17.5 Å².